The van der Waals surface area contributed by atoms with Gasteiger partial charge < -0.3 is 15.5 Å². The highest BCUT2D eigenvalue weighted by molar-refractivity contribution is 5.74. The highest BCUT2D eigenvalue weighted by atomic mass is 16.2. The Morgan fingerprint density at radius 1 is 0.957 bits per heavy atom. The van der Waals surface area contributed by atoms with Crippen LogP contribution in [0.5, 0.6) is 0 Å². The van der Waals surface area contributed by atoms with E-state index in [-0.39, 0.29) is 6.03 Å². The lowest BCUT2D eigenvalue weighted by Gasteiger charge is -2.36. The Morgan fingerprint density at radius 2 is 1.65 bits per heavy atom. The number of carbonyl (C=O) groups is 1. The number of piperidine rings is 1. The third-order valence-electron chi connectivity index (χ3n) is 5.90. The van der Waals surface area contributed by atoms with E-state index < -0.39 is 0 Å². The average molecular weight is 322 g/mol. The third-order valence-corrected chi connectivity index (χ3v) is 5.90. The van der Waals surface area contributed by atoms with E-state index in [1.165, 1.54) is 71.0 Å². The van der Waals surface area contributed by atoms with Crippen molar-refractivity contribution in [3.05, 3.63) is 0 Å². The van der Waals surface area contributed by atoms with E-state index in [0.717, 1.165) is 32.1 Å². The average Bonchev–Trinajstić information content (AvgIpc) is 2.62. The summed E-state index contributed by atoms with van der Waals surface area (Å²) >= 11 is 0. The molecule has 3 rings (SSSR count). The predicted molar refractivity (Wildman–Crippen MR) is 93.6 cm³/mol. The van der Waals surface area contributed by atoms with Gasteiger partial charge in [-0.05, 0) is 57.7 Å². The minimum atomic E-state index is 0.176. The van der Waals surface area contributed by atoms with Gasteiger partial charge in [-0.25, -0.2) is 4.79 Å². The van der Waals surface area contributed by atoms with Crippen molar-refractivity contribution in [1.82, 2.24) is 20.4 Å². The summed E-state index contributed by atoms with van der Waals surface area (Å²) in [6.07, 6.45) is 10.2. The quantitative estimate of drug-likeness (QED) is 0.833. The number of urea groups is 1. The fourth-order valence-electron chi connectivity index (χ4n) is 4.22. The lowest BCUT2D eigenvalue weighted by Crippen LogP contribution is -2.53. The third kappa shape index (κ3) is 5.35. The number of nitrogens with zero attached hydrogens (tertiary/aromatic N) is 2. The smallest absolute Gasteiger partial charge is 0.317 e. The molecule has 0 bridgehead atoms. The summed E-state index contributed by atoms with van der Waals surface area (Å²) in [6.45, 7) is 7.48. The van der Waals surface area contributed by atoms with E-state index in [4.69, 9.17) is 0 Å². The summed E-state index contributed by atoms with van der Waals surface area (Å²) in [6, 6.07) is 0.601. The molecule has 132 valence electrons. The number of carbonyl (C=O) groups excluding carboxylic acids is 1. The van der Waals surface area contributed by atoms with Crippen LogP contribution in [0.25, 0.3) is 0 Å². The first-order chi connectivity index (χ1) is 11.3. The number of rotatable bonds is 4. The highest BCUT2D eigenvalue weighted by Gasteiger charge is 2.24. The van der Waals surface area contributed by atoms with Gasteiger partial charge in [0.15, 0.2) is 0 Å². The Balaban J connectivity index is 1.32. The molecule has 2 heterocycles. The van der Waals surface area contributed by atoms with Crippen LogP contribution in [0.15, 0.2) is 0 Å². The van der Waals surface area contributed by atoms with Gasteiger partial charge in [0.1, 0.15) is 0 Å². The first kappa shape index (κ1) is 17.0. The maximum Gasteiger partial charge on any atom is 0.317 e. The van der Waals surface area contributed by atoms with Crippen LogP contribution >= 0.6 is 0 Å². The van der Waals surface area contributed by atoms with Crippen molar-refractivity contribution in [3.63, 3.8) is 0 Å². The van der Waals surface area contributed by atoms with Gasteiger partial charge in [0.25, 0.3) is 0 Å². The standard InChI is InChI=1S/C18H34N4O/c23-18(20-17-4-2-1-3-5-17)22-14-12-21(13-15-22)11-8-16-6-9-19-10-7-16/h16-17,19H,1-15H2,(H,20,23). The summed E-state index contributed by atoms with van der Waals surface area (Å²) in [4.78, 5) is 16.9. The molecule has 0 aromatic heterocycles. The van der Waals surface area contributed by atoms with Crippen LogP contribution < -0.4 is 10.6 Å². The molecule has 0 aromatic carbocycles. The van der Waals surface area contributed by atoms with Gasteiger partial charge in [-0.15, -0.1) is 0 Å². The van der Waals surface area contributed by atoms with Gasteiger partial charge >= 0.3 is 6.03 Å². The summed E-state index contributed by atoms with van der Waals surface area (Å²) < 4.78 is 0. The largest absolute Gasteiger partial charge is 0.335 e. The van der Waals surface area contributed by atoms with Gasteiger partial charge in [-0.2, -0.15) is 0 Å². The molecule has 2 saturated heterocycles. The molecule has 0 unspecified atom stereocenters. The second-order valence-electron chi connectivity index (χ2n) is 7.60. The Morgan fingerprint density at radius 3 is 2.35 bits per heavy atom. The number of amides is 2. The number of hydrogen-bond acceptors (Lipinski definition) is 3. The Bertz CT molecular complexity index is 356. The fraction of sp³-hybridized carbons (Fsp3) is 0.944. The maximum atomic E-state index is 12.4. The van der Waals surface area contributed by atoms with Gasteiger partial charge in [0.2, 0.25) is 0 Å². The molecule has 3 aliphatic rings. The molecule has 1 saturated carbocycles. The van der Waals surface area contributed by atoms with Crippen molar-refractivity contribution < 1.29 is 4.79 Å². The van der Waals surface area contributed by atoms with Crippen molar-refractivity contribution in [2.75, 3.05) is 45.8 Å². The minimum Gasteiger partial charge on any atom is -0.335 e. The van der Waals surface area contributed by atoms with Crippen molar-refractivity contribution in [2.24, 2.45) is 5.92 Å². The highest BCUT2D eigenvalue weighted by Crippen LogP contribution is 2.18. The second-order valence-corrected chi connectivity index (χ2v) is 7.60. The number of hydrogen-bond donors (Lipinski definition) is 2. The molecule has 1 aliphatic carbocycles. The molecule has 23 heavy (non-hydrogen) atoms. The summed E-state index contributed by atoms with van der Waals surface area (Å²) in [5, 5.41) is 6.69. The van der Waals surface area contributed by atoms with E-state index in [9.17, 15) is 4.79 Å². The molecule has 0 spiro atoms. The Kier molecular flexibility index (Phi) is 6.57. The number of nitrogens with one attached hydrogen (secondary N) is 2. The predicted octanol–water partition coefficient (Wildman–Crippen LogP) is 2.04. The van der Waals surface area contributed by atoms with Gasteiger partial charge in [0.05, 0.1) is 0 Å². The maximum absolute atomic E-state index is 12.4. The SMILES string of the molecule is O=C(NC1CCCCC1)N1CCN(CCC2CCNCC2)CC1. The summed E-state index contributed by atoms with van der Waals surface area (Å²) in [5.41, 5.74) is 0. The van der Waals surface area contributed by atoms with Crippen LogP contribution in [0.4, 0.5) is 4.79 Å². The van der Waals surface area contributed by atoms with Crippen molar-refractivity contribution in [3.8, 4) is 0 Å². The van der Waals surface area contributed by atoms with Crippen molar-refractivity contribution in [2.45, 2.75) is 57.4 Å². The molecular weight excluding hydrogens is 288 g/mol. The molecule has 0 atom stereocenters. The van der Waals surface area contributed by atoms with Gasteiger partial charge in [-0.3, -0.25) is 4.90 Å². The summed E-state index contributed by atoms with van der Waals surface area (Å²) in [5.74, 6) is 0.906. The van der Waals surface area contributed by atoms with Gasteiger partial charge in [-0.1, -0.05) is 19.3 Å². The van der Waals surface area contributed by atoms with E-state index in [1.807, 2.05) is 4.90 Å². The van der Waals surface area contributed by atoms with E-state index in [2.05, 4.69) is 15.5 Å². The molecule has 5 heteroatoms. The zero-order chi connectivity index (χ0) is 15.9. The molecule has 0 radical (unpaired) electrons. The van der Waals surface area contributed by atoms with Crippen LogP contribution in [-0.2, 0) is 0 Å². The van der Waals surface area contributed by atoms with Crippen LogP contribution in [0, 0.1) is 5.92 Å². The molecule has 2 N–H and O–H groups in total. The lowest BCUT2D eigenvalue weighted by molar-refractivity contribution is 0.129. The minimum absolute atomic E-state index is 0.176. The topological polar surface area (TPSA) is 47.6 Å². The lowest BCUT2D eigenvalue weighted by atomic mass is 9.94. The molecule has 2 aliphatic heterocycles. The zero-order valence-corrected chi connectivity index (χ0v) is 14.6. The van der Waals surface area contributed by atoms with Crippen LogP contribution in [0.2, 0.25) is 0 Å². The molecule has 0 aromatic rings. The molecule has 2 amide bonds. The second kappa shape index (κ2) is 8.88. The van der Waals surface area contributed by atoms with Crippen molar-refractivity contribution in [1.29, 1.82) is 0 Å². The normalized spacial score (nSPS) is 25.5. The van der Waals surface area contributed by atoms with E-state index in [0.29, 0.717) is 6.04 Å². The first-order valence-electron chi connectivity index (χ1n) is 9.80. The fourth-order valence-corrected chi connectivity index (χ4v) is 4.22. The van der Waals surface area contributed by atoms with Crippen LogP contribution in [0.1, 0.15) is 51.4 Å². The summed E-state index contributed by atoms with van der Waals surface area (Å²) in [7, 11) is 0. The first-order valence-corrected chi connectivity index (χ1v) is 9.80. The number of piperazine rings is 1. The van der Waals surface area contributed by atoms with Gasteiger partial charge in [0, 0.05) is 32.2 Å². The molecular formula is C18H34N4O. The van der Waals surface area contributed by atoms with E-state index >= 15 is 0 Å². The van der Waals surface area contributed by atoms with Crippen LogP contribution in [-0.4, -0.2) is 67.7 Å². The molecule has 5 nitrogen and oxygen atoms in total. The van der Waals surface area contributed by atoms with E-state index in [1.54, 1.807) is 0 Å². The monoisotopic (exact) mass is 322 g/mol. The zero-order valence-electron chi connectivity index (χ0n) is 14.6. The van der Waals surface area contributed by atoms with Crippen LogP contribution in [0.3, 0.4) is 0 Å². The Hall–Kier alpha value is -0.810. The molecule has 3 fully saturated rings. The Labute approximate surface area is 141 Å². The van der Waals surface area contributed by atoms with Crippen molar-refractivity contribution >= 4 is 6.03 Å².